The smallest absolute Gasteiger partial charge is 0.266 e. The van der Waals surface area contributed by atoms with Gasteiger partial charge in [-0.05, 0) is 55.5 Å². The second-order valence-corrected chi connectivity index (χ2v) is 7.40. The summed E-state index contributed by atoms with van der Waals surface area (Å²) in [6, 6.07) is 19.0. The van der Waals surface area contributed by atoms with Gasteiger partial charge in [-0.1, -0.05) is 24.3 Å². The van der Waals surface area contributed by atoms with E-state index in [0.717, 1.165) is 0 Å². The number of para-hydroxylation sites is 3. The lowest BCUT2D eigenvalue weighted by molar-refractivity contribution is 0.0735. The lowest BCUT2D eigenvalue weighted by Crippen LogP contribution is -2.35. The Labute approximate surface area is 184 Å². The molecule has 0 saturated heterocycles. The Bertz CT molecular complexity index is 1350. The molecule has 0 radical (unpaired) electrons. The van der Waals surface area contributed by atoms with Crippen LogP contribution in [0.3, 0.4) is 0 Å². The molecule has 0 saturated carbocycles. The Morgan fingerprint density at radius 1 is 1.03 bits per heavy atom. The lowest BCUT2D eigenvalue weighted by Gasteiger charge is -2.27. The fraction of sp³-hybridized carbons (Fsp3) is 0.160. The van der Waals surface area contributed by atoms with Gasteiger partial charge in [0.25, 0.3) is 11.5 Å². The fourth-order valence-corrected chi connectivity index (χ4v) is 3.62. The van der Waals surface area contributed by atoms with Crippen molar-refractivity contribution < 1.29 is 13.9 Å². The average molecular weight is 431 g/mol. The number of rotatable bonds is 5. The molecule has 7 heteroatoms. The number of carbonyl (C=O) groups is 1. The molecular weight excluding hydrogens is 409 g/mol. The lowest BCUT2D eigenvalue weighted by atomic mass is 10.1. The highest BCUT2D eigenvalue weighted by atomic mass is 19.1. The van der Waals surface area contributed by atoms with E-state index in [-0.39, 0.29) is 11.5 Å². The number of halogens is 1. The normalized spacial score (nSPS) is 11.9. The van der Waals surface area contributed by atoms with Crippen LogP contribution in [0.15, 0.2) is 77.6 Å². The SMILES string of the molecule is COc1ccccc1-n1c(C(C)N(C)C(=O)c2ccc(F)cc2)nc2ccccc2c1=O. The molecular formula is C25H22FN3O3. The first-order valence-electron chi connectivity index (χ1n) is 10.1. The van der Waals surface area contributed by atoms with Crippen LogP contribution in [0, 0.1) is 5.82 Å². The zero-order valence-corrected chi connectivity index (χ0v) is 17.9. The van der Waals surface area contributed by atoms with Crippen LogP contribution in [0.25, 0.3) is 16.6 Å². The van der Waals surface area contributed by atoms with Crippen molar-refractivity contribution in [2.24, 2.45) is 0 Å². The Hall–Kier alpha value is -4.00. The molecule has 0 fully saturated rings. The van der Waals surface area contributed by atoms with E-state index in [1.807, 2.05) is 12.1 Å². The number of fused-ring (bicyclic) bond motifs is 1. The first kappa shape index (κ1) is 21.2. The van der Waals surface area contributed by atoms with Gasteiger partial charge in [0, 0.05) is 12.6 Å². The summed E-state index contributed by atoms with van der Waals surface area (Å²) in [5.41, 5.74) is 1.15. The van der Waals surface area contributed by atoms with Crippen LogP contribution in [0.4, 0.5) is 4.39 Å². The maximum absolute atomic E-state index is 13.5. The summed E-state index contributed by atoms with van der Waals surface area (Å²) in [5.74, 6) is 0.161. The Balaban J connectivity index is 1.90. The van der Waals surface area contributed by atoms with E-state index in [9.17, 15) is 14.0 Å². The summed E-state index contributed by atoms with van der Waals surface area (Å²) in [4.78, 5) is 32.8. The minimum absolute atomic E-state index is 0.260. The number of carbonyl (C=O) groups excluding carboxylic acids is 1. The number of aromatic nitrogens is 2. The van der Waals surface area contributed by atoms with Gasteiger partial charge >= 0.3 is 0 Å². The first-order valence-corrected chi connectivity index (χ1v) is 10.1. The van der Waals surface area contributed by atoms with E-state index in [4.69, 9.17) is 9.72 Å². The number of nitrogens with zero attached hydrogens (tertiary/aromatic N) is 3. The van der Waals surface area contributed by atoms with Gasteiger partial charge in [-0.25, -0.2) is 9.37 Å². The van der Waals surface area contributed by atoms with E-state index >= 15 is 0 Å². The Morgan fingerprint density at radius 3 is 2.41 bits per heavy atom. The Kier molecular flexibility index (Phi) is 5.73. The van der Waals surface area contributed by atoms with Crippen molar-refractivity contribution >= 4 is 16.8 Å². The molecule has 0 aliphatic carbocycles. The molecule has 4 aromatic rings. The number of methoxy groups -OCH3 is 1. The molecule has 1 unspecified atom stereocenters. The minimum atomic E-state index is -0.574. The highest BCUT2D eigenvalue weighted by Gasteiger charge is 2.26. The zero-order chi connectivity index (χ0) is 22.8. The molecule has 0 N–H and O–H groups in total. The van der Waals surface area contributed by atoms with E-state index in [1.54, 1.807) is 50.4 Å². The van der Waals surface area contributed by atoms with Gasteiger partial charge in [0.2, 0.25) is 0 Å². The van der Waals surface area contributed by atoms with Crippen molar-refractivity contribution in [3.05, 3.63) is 100 Å². The predicted molar refractivity (Wildman–Crippen MR) is 121 cm³/mol. The topological polar surface area (TPSA) is 64.4 Å². The number of benzene rings is 3. The minimum Gasteiger partial charge on any atom is -0.495 e. The van der Waals surface area contributed by atoms with Crippen LogP contribution < -0.4 is 10.3 Å². The summed E-state index contributed by atoms with van der Waals surface area (Å²) in [5, 5.41) is 0.460. The highest BCUT2D eigenvalue weighted by Crippen LogP contribution is 2.27. The van der Waals surface area contributed by atoms with E-state index < -0.39 is 11.9 Å². The third-order valence-electron chi connectivity index (χ3n) is 5.49. The summed E-state index contributed by atoms with van der Waals surface area (Å²) < 4.78 is 20.3. The summed E-state index contributed by atoms with van der Waals surface area (Å²) in [7, 11) is 3.16. The first-order chi connectivity index (χ1) is 15.4. The van der Waals surface area contributed by atoms with Crippen molar-refractivity contribution in [1.82, 2.24) is 14.5 Å². The molecule has 162 valence electrons. The molecule has 0 bridgehead atoms. The van der Waals surface area contributed by atoms with Gasteiger partial charge in [-0.15, -0.1) is 0 Å². The maximum Gasteiger partial charge on any atom is 0.266 e. The molecule has 32 heavy (non-hydrogen) atoms. The van der Waals surface area contributed by atoms with Crippen LogP contribution in [0.2, 0.25) is 0 Å². The molecule has 6 nitrogen and oxygen atoms in total. The van der Waals surface area contributed by atoms with Crippen molar-refractivity contribution in [2.45, 2.75) is 13.0 Å². The monoisotopic (exact) mass is 431 g/mol. The third kappa shape index (κ3) is 3.73. The van der Waals surface area contributed by atoms with Crippen LogP contribution in [-0.2, 0) is 0 Å². The zero-order valence-electron chi connectivity index (χ0n) is 17.9. The van der Waals surface area contributed by atoms with E-state index in [1.165, 1.54) is 40.8 Å². The standard InChI is InChI=1S/C25H22FN3O3/c1-16(28(2)24(30)17-12-14-18(26)15-13-17)23-27-20-9-5-4-8-19(20)25(31)29(23)21-10-6-7-11-22(21)32-3/h4-16H,1-3H3. The highest BCUT2D eigenvalue weighted by molar-refractivity contribution is 5.94. The molecule has 0 spiro atoms. The average Bonchev–Trinajstić information content (AvgIpc) is 2.83. The quantitative estimate of drug-likeness (QED) is 0.471. The van der Waals surface area contributed by atoms with Crippen LogP contribution in [0.5, 0.6) is 5.75 Å². The summed E-state index contributed by atoms with van der Waals surface area (Å²) in [6.45, 7) is 1.80. The van der Waals surface area contributed by atoms with Gasteiger partial charge < -0.3 is 9.64 Å². The fourth-order valence-electron chi connectivity index (χ4n) is 3.62. The Morgan fingerprint density at radius 2 is 1.69 bits per heavy atom. The predicted octanol–water partition coefficient (Wildman–Crippen LogP) is 4.37. The van der Waals surface area contributed by atoms with Crippen LogP contribution in [-0.4, -0.2) is 34.5 Å². The van der Waals surface area contributed by atoms with Crippen molar-refractivity contribution in [3.8, 4) is 11.4 Å². The molecule has 0 aliphatic heterocycles. The van der Waals surface area contributed by atoms with Crippen molar-refractivity contribution in [3.63, 3.8) is 0 Å². The number of hydrogen-bond acceptors (Lipinski definition) is 4. The summed E-state index contributed by atoms with van der Waals surface area (Å²) >= 11 is 0. The largest absolute Gasteiger partial charge is 0.495 e. The van der Waals surface area contributed by atoms with Crippen LogP contribution >= 0.6 is 0 Å². The number of amides is 1. The summed E-state index contributed by atoms with van der Waals surface area (Å²) in [6.07, 6.45) is 0. The maximum atomic E-state index is 13.5. The molecule has 1 amide bonds. The molecule has 1 aromatic heterocycles. The third-order valence-corrected chi connectivity index (χ3v) is 5.49. The number of hydrogen-bond donors (Lipinski definition) is 0. The second-order valence-electron chi connectivity index (χ2n) is 7.40. The van der Waals surface area contributed by atoms with Crippen LogP contribution in [0.1, 0.15) is 29.1 Å². The molecule has 0 aliphatic rings. The van der Waals surface area contributed by atoms with Gasteiger partial charge in [0.15, 0.2) is 0 Å². The van der Waals surface area contributed by atoms with Gasteiger partial charge in [0.1, 0.15) is 17.4 Å². The van der Waals surface area contributed by atoms with Gasteiger partial charge in [0.05, 0.1) is 29.7 Å². The van der Waals surface area contributed by atoms with Gasteiger partial charge in [-0.2, -0.15) is 0 Å². The van der Waals surface area contributed by atoms with Crippen molar-refractivity contribution in [1.29, 1.82) is 0 Å². The van der Waals surface area contributed by atoms with E-state index in [0.29, 0.717) is 33.7 Å². The molecule has 1 heterocycles. The molecule has 4 rings (SSSR count). The molecule has 3 aromatic carbocycles. The van der Waals surface area contributed by atoms with Crippen molar-refractivity contribution in [2.75, 3.05) is 14.2 Å². The van der Waals surface area contributed by atoms with E-state index in [2.05, 4.69) is 0 Å². The number of ether oxygens (including phenoxy) is 1. The molecule has 1 atom stereocenters. The second kappa shape index (κ2) is 8.63. The van der Waals surface area contributed by atoms with Gasteiger partial charge in [-0.3, -0.25) is 14.2 Å².